The van der Waals surface area contributed by atoms with Crippen LogP contribution in [0.2, 0.25) is 0 Å². The molecule has 6 heteroatoms. The van der Waals surface area contributed by atoms with Crippen molar-refractivity contribution in [2.45, 2.75) is 33.1 Å². The Balaban J connectivity index is 2.68. The minimum Gasteiger partial charge on any atom is -0.409 e. The zero-order valence-corrected chi connectivity index (χ0v) is 12.1. The summed E-state index contributed by atoms with van der Waals surface area (Å²) in [6, 6.07) is 0. The fourth-order valence-electron chi connectivity index (χ4n) is 2.44. The van der Waals surface area contributed by atoms with Gasteiger partial charge in [0.25, 0.3) is 0 Å². The van der Waals surface area contributed by atoms with Crippen molar-refractivity contribution in [3.63, 3.8) is 0 Å². The second-order valence-electron chi connectivity index (χ2n) is 5.36. The lowest BCUT2D eigenvalue weighted by Crippen LogP contribution is -2.51. The van der Waals surface area contributed by atoms with Crippen LogP contribution in [0.1, 0.15) is 33.1 Å². The molecule has 19 heavy (non-hydrogen) atoms. The standard InChI is InChI=1S/C13H25N3O3/c1-4-13(2,11(14)15-18)12(17)16-7-5-10(6-8-16)9-19-3/h10,18H,4-9H2,1-3H3,(H2,14,15). The summed E-state index contributed by atoms with van der Waals surface area (Å²) in [7, 11) is 1.70. The summed E-state index contributed by atoms with van der Waals surface area (Å²) < 4.78 is 5.15. The first-order chi connectivity index (χ1) is 8.99. The predicted octanol–water partition coefficient (Wildman–Crippen LogP) is 1.03. The van der Waals surface area contributed by atoms with Crippen LogP contribution in [0.3, 0.4) is 0 Å². The molecular formula is C13H25N3O3. The third kappa shape index (κ3) is 3.37. The number of likely N-dealkylation sites (tertiary alicyclic amines) is 1. The molecule has 1 unspecified atom stereocenters. The Morgan fingerprint density at radius 2 is 2.11 bits per heavy atom. The number of carbonyl (C=O) groups excluding carboxylic acids is 1. The van der Waals surface area contributed by atoms with E-state index in [1.807, 2.05) is 11.8 Å². The molecule has 0 aromatic heterocycles. The zero-order valence-electron chi connectivity index (χ0n) is 12.1. The normalized spacial score (nSPS) is 21.2. The highest BCUT2D eigenvalue weighted by Gasteiger charge is 2.40. The smallest absolute Gasteiger partial charge is 0.236 e. The molecule has 1 heterocycles. The van der Waals surface area contributed by atoms with Crippen LogP contribution in [-0.2, 0) is 9.53 Å². The van der Waals surface area contributed by atoms with E-state index in [2.05, 4.69) is 5.16 Å². The van der Waals surface area contributed by atoms with Gasteiger partial charge >= 0.3 is 0 Å². The fraction of sp³-hybridized carbons (Fsp3) is 0.846. The van der Waals surface area contributed by atoms with Gasteiger partial charge in [-0.15, -0.1) is 0 Å². The second-order valence-corrected chi connectivity index (χ2v) is 5.36. The number of methoxy groups -OCH3 is 1. The quantitative estimate of drug-likeness (QED) is 0.338. The van der Waals surface area contributed by atoms with Crippen LogP contribution in [0.5, 0.6) is 0 Å². The van der Waals surface area contributed by atoms with Crippen LogP contribution in [0.4, 0.5) is 0 Å². The molecule has 0 aromatic carbocycles. The summed E-state index contributed by atoms with van der Waals surface area (Å²) in [6.07, 6.45) is 2.39. The van der Waals surface area contributed by atoms with Crippen molar-refractivity contribution in [1.29, 1.82) is 0 Å². The number of hydrogen-bond acceptors (Lipinski definition) is 4. The van der Waals surface area contributed by atoms with E-state index in [4.69, 9.17) is 15.7 Å². The summed E-state index contributed by atoms with van der Waals surface area (Å²) in [4.78, 5) is 14.4. The van der Waals surface area contributed by atoms with E-state index in [0.29, 0.717) is 25.4 Å². The van der Waals surface area contributed by atoms with E-state index in [0.717, 1.165) is 19.4 Å². The zero-order chi connectivity index (χ0) is 14.5. The first-order valence-electron chi connectivity index (χ1n) is 6.75. The minimum atomic E-state index is -0.914. The summed E-state index contributed by atoms with van der Waals surface area (Å²) in [5.41, 5.74) is 4.76. The third-order valence-electron chi connectivity index (χ3n) is 4.16. The maximum Gasteiger partial charge on any atom is 0.236 e. The summed E-state index contributed by atoms with van der Waals surface area (Å²) in [5.74, 6) is 0.450. The van der Waals surface area contributed by atoms with Gasteiger partial charge in [0.15, 0.2) is 5.84 Å². The maximum atomic E-state index is 12.5. The Bertz CT molecular complexity index is 338. The first-order valence-corrected chi connectivity index (χ1v) is 6.75. The molecule has 1 rings (SSSR count). The highest BCUT2D eigenvalue weighted by atomic mass is 16.5. The van der Waals surface area contributed by atoms with Crippen LogP contribution in [0.15, 0.2) is 5.16 Å². The lowest BCUT2D eigenvalue weighted by Gasteiger charge is -2.37. The molecule has 0 aliphatic carbocycles. The predicted molar refractivity (Wildman–Crippen MR) is 73.0 cm³/mol. The van der Waals surface area contributed by atoms with Gasteiger partial charge in [0, 0.05) is 26.8 Å². The van der Waals surface area contributed by atoms with E-state index in [1.165, 1.54) is 0 Å². The minimum absolute atomic E-state index is 0.0148. The van der Waals surface area contributed by atoms with Crippen LogP contribution in [-0.4, -0.2) is 48.7 Å². The van der Waals surface area contributed by atoms with Crippen LogP contribution in [0, 0.1) is 11.3 Å². The lowest BCUT2D eigenvalue weighted by atomic mass is 9.83. The number of nitrogens with zero attached hydrogens (tertiary/aromatic N) is 2. The number of amidine groups is 1. The molecule has 0 bridgehead atoms. The second kappa shape index (κ2) is 6.75. The molecule has 3 N–H and O–H groups in total. The molecule has 6 nitrogen and oxygen atoms in total. The molecule has 1 aliphatic heterocycles. The maximum absolute atomic E-state index is 12.5. The van der Waals surface area contributed by atoms with Crippen molar-refractivity contribution in [2.75, 3.05) is 26.8 Å². The van der Waals surface area contributed by atoms with Gasteiger partial charge in [0.2, 0.25) is 5.91 Å². The molecule has 110 valence electrons. The van der Waals surface area contributed by atoms with Crippen molar-refractivity contribution < 1.29 is 14.7 Å². The summed E-state index contributed by atoms with van der Waals surface area (Å²) >= 11 is 0. The Morgan fingerprint density at radius 3 is 2.53 bits per heavy atom. The SMILES string of the molecule is CCC(C)(C(=O)N1CCC(COC)CC1)C(N)=NO. The monoisotopic (exact) mass is 271 g/mol. The van der Waals surface area contributed by atoms with Crippen LogP contribution < -0.4 is 5.73 Å². The number of piperidine rings is 1. The largest absolute Gasteiger partial charge is 0.409 e. The number of carbonyl (C=O) groups is 1. The van der Waals surface area contributed by atoms with E-state index < -0.39 is 5.41 Å². The van der Waals surface area contributed by atoms with Gasteiger partial charge in [0.05, 0.1) is 0 Å². The average Bonchev–Trinajstić information content (AvgIpc) is 2.46. The highest BCUT2D eigenvalue weighted by molar-refractivity contribution is 6.06. The summed E-state index contributed by atoms with van der Waals surface area (Å²) in [5, 5.41) is 11.9. The van der Waals surface area contributed by atoms with Crippen LogP contribution in [0.25, 0.3) is 0 Å². The topological polar surface area (TPSA) is 88.2 Å². The number of rotatable bonds is 5. The van der Waals surface area contributed by atoms with Crippen molar-refractivity contribution >= 4 is 11.7 Å². The van der Waals surface area contributed by atoms with Crippen molar-refractivity contribution in [3.8, 4) is 0 Å². The Hall–Kier alpha value is -1.30. The Labute approximate surface area is 114 Å². The van der Waals surface area contributed by atoms with Gasteiger partial charge in [-0.2, -0.15) is 0 Å². The number of ether oxygens (including phenoxy) is 1. The lowest BCUT2D eigenvalue weighted by molar-refractivity contribution is -0.139. The number of amides is 1. The van der Waals surface area contributed by atoms with Gasteiger partial charge in [-0.25, -0.2) is 0 Å². The van der Waals surface area contributed by atoms with Crippen molar-refractivity contribution in [3.05, 3.63) is 0 Å². The number of oxime groups is 1. The molecule has 1 atom stereocenters. The van der Waals surface area contributed by atoms with E-state index >= 15 is 0 Å². The third-order valence-corrected chi connectivity index (χ3v) is 4.16. The van der Waals surface area contributed by atoms with Gasteiger partial charge < -0.3 is 20.6 Å². The molecule has 1 amide bonds. The molecule has 1 fully saturated rings. The van der Waals surface area contributed by atoms with E-state index in [1.54, 1.807) is 14.0 Å². The molecule has 0 radical (unpaired) electrons. The molecule has 1 saturated heterocycles. The van der Waals surface area contributed by atoms with Gasteiger partial charge in [-0.3, -0.25) is 4.79 Å². The average molecular weight is 271 g/mol. The van der Waals surface area contributed by atoms with Gasteiger partial charge in [-0.05, 0) is 32.1 Å². The molecular weight excluding hydrogens is 246 g/mol. The molecule has 0 saturated carbocycles. The number of hydrogen-bond donors (Lipinski definition) is 2. The Morgan fingerprint density at radius 1 is 1.53 bits per heavy atom. The first kappa shape index (κ1) is 15.8. The molecule has 0 aromatic rings. The van der Waals surface area contributed by atoms with Crippen LogP contribution >= 0.6 is 0 Å². The van der Waals surface area contributed by atoms with Gasteiger partial charge in [-0.1, -0.05) is 12.1 Å². The van der Waals surface area contributed by atoms with Gasteiger partial charge in [0.1, 0.15) is 5.41 Å². The summed E-state index contributed by atoms with van der Waals surface area (Å²) in [6.45, 7) is 5.76. The van der Waals surface area contributed by atoms with E-state index in [-0.39, 0.29) is 11.7 Å². The van der Waals surface area contributed by atoms with E-state index in [9.17, 15) is 4.79 Å². The van der Waals surface area contributed by atoms with Crippen molar-refractivity contribution in [2.24, 2.45) is 22.2 Å². The number of nitrogens with two attached hydrogens (primary N) is 1. The Kier molecular flexibility index (Phi) is 5.60. The fourth-order valence-corrected chi connectivity index (χ4v) is 2.44. The highest BCUT2D eigenvalue weighted by Crippen LogP contribution is 2.27. The molecule has 0 spiro atoms. The molecule has 1 aliphatic rings. The van der Waals surface area contributed by atoms with Crippen molar-refractivity contribution in [1.82, 2.24) is 4.90 Å².